The first-order chi connectivity index (χ1) is 19.0. The van der Waals surface area contributed by atoms with Gasteiger partial charge in [-0.3, -0.25) is 4.79 Å². The lowest BCUT2D eigenvalue weighted by atomic mass is 9.86. The van der Waals surface area contributed by atoms with E-state index in [4.69, 9.17) is 0 Å². The number of aromatic nitrogens is 2. The SMILES string of the molecule is Cc1cc2c(cnn2-c2ccc(F)cc2)cc1[C@@]12CN(C(=O)c3cccc(C#N)c3)C[C@@H]1[C@H]2c1ccccc1. The molecule has 0 bridgehead atoms. The third kappa shape index (κ3) is 3.58. The average Bonchev–Trinajstić information content (AvgIpc) is 3.23. The van der Waals surface area contributed by atoms with Crippen LogP contribution in [0.5, 0.6) is 0 Å². The van der Waals surface area contributed by atoms with E-state index in [-0.39, 0.29) is 17.1 Å². The van der Waals surface area contributed by atoms with Gasteiger partial charge in [0.15, 0.2) is 0 Å². The number of piperidine rings is 1. The molecule has 190 valence electrons. The van der Waals surface area contributed by atoms with Crippen LogP contribution in [0.25, 0.3) is 16.6 Å². The molecule has 2 aliphatic rings. The lowest BCUT2D eigenvalue weighted by Gasteiger charge is -2.26. The van der Waals surface area contributed by atoms with Crippen molar-refractivity contribution < 1.29 is 9.18 Å². The standard InChI is InChI=1S/C33H25FN4O/c1-21-14-30-25(18-36-38(30)27-12-10-26(34)11-13-27)16-28(21)33-20-37(32(39)24-9-5-6-22(15-24)17-35)19-29(33)31(33)23-7-3-2-4-8-23/h2-16,18,29,31H,19-20H2,1H3/t29-,31-,33+/m1/s1. The van der Waals surface area contributed by atoms with Gasteiger partial charge in [0.2, 0.25) is 0 Å². The summed E-state index contributed by atoms with van der Waals surface area (Å²) in [6, 6.07) is 30.4. The van der Waals surface area contributed by atoms with E-state index in [1.807, 2.05) is 21.8 Å². The van der Waals surface area contributed by atoms with Gasteiger partial charge in [-0.05, 0) is 84.1 Å². The Hall–Kier alpha value is -4.76. The van der Waals surface area contributed by atoms with Crippen LogP contribution in [0.2, 0.25) is 0 Å². The molecule has 0 radical (unpaired) electrons. The fourth-order valence-electron chi connectivity index (χ4n) is 6.79. The van der Waals surface area contributed by atoms with Gasteiger partial charge in [0.25, 0.3) is 5.91 Å². The fourth-order valence-corrected chi connectivity index (χ4v) is 6.79. The summed E-state index contributed by atoms with van der Waals surface area (Å²) in [6.45, 7) is 3.41. The quantitative estimate of drug-likeness (QED) is 0.290. The summed E-state index contributed by atoms with van der Waals surface area (Å²) in [7, 11) is 0. The monoisotopic (exact) mass is 512 g/mol. The van der Waals surface area contributed by atoms with E-state index < -0.39 is 0 Å². The molecule has 0 N–H and O–H groups in total. The Morgan fingerprint density at radius 1 is 1.03 bits per heavy atom. The molecule has 1 aliphatic carbocycles. The van der Waals surface area contributed by atoms with Crippen molar-refractivity contribution in [3.8, 4) is 11.8 Å². The van der Waals surface area contributed by atoms with E-state index >= 15 is 0 Å². The number of aryl methyl sites for hydroxylation is 1. The third-order valence-corrected chi connectivity index (χ3v) is 8.55. The molecule has 0 spiro atoms. The van der Waals surface area contributed by atoms with Gasteiger partial charge in [-0.2, -0.15) is 10.4 Å². The van der Waals surface area contributed by atoms with Crippen molar-refractivity contribution in [1.82, 2.24) is 14.7 Å². The average molecular weight is 513 g/mol. The first-order valence-electron chi connectivity index (χ1n) is 13.1. The first-order valence-corrected chi connectivity index (χ1v) is 13.1. The number of amides is 1. The molecule has 4 aromatic carbocycles. The lowest BCUT2D eigenvalue weighted by Crippen LogP contribution is -2.34. The maximum atomic E-state index is 13.6. The second-order valence-corrected chi connectivity index (χ2v) is 10.7. The number of fused-ring (bicyclic) bond motifs is 2. The summed E-state index contributed by atoms with van der Waals surface area (Å²) in [5.41, 5.74) is 6.30. The minimum absolute atomic E-state index is 0.0339. The van der Waals surface area contributed by atoms with Crippen LogP contribution >= 0.6 is 0 Å². The summed E-state index contributed by atoms with van der Waals surface area (Å²) in [5.74, 6) is 0.301. The number of halogens is 1. The van der Waals surface area contributed by atoms with E-state index in [9.17, 15) is 14.4 Å². The summed E-state index contributed by atoms with van der Waals surface area (Å²) in [6.07, 6.45) is 1.86. The van der Waals surface area contributed by atoms with E-state index in [1.54, 1.807) is 36.4 Å². The van der Waals surface area contributed by atoms with Crippen LogP contribution in [0.1, 0.15) is 38.5 Å². The number of carbonyl (C=O) groups is 1. The first kappa shape index (κ1) is 23.4. The molecule has 5 aromatic rings. The van der Waals surface area contributed by atoms with Gasteiger partial charge in [0, 0.05) is 35.4 Å². The van der Waals surface area contributed by atoms with Crippen LogP contribution in [0.15, 0.2) is 97.2 Å². The highest BCUT2D eigenvalue weighted by Gasteiger charge is 2.70. The zero-order valence-corrected chi connectivity index (χ0v) is 21.4. The van der Waals surface area contributed by atoms with Crippen molar-refractivity contribution in [3.05, 3.63) is 131 Å². The highest BCUT2D eigenvalue weighted by Crippen LogP contribution is 2.69. The zero-order valence-electron chi connectivity index (χ0n) is 21.4. The van der Waals surface area contributed by atoms with Crippen molar-refractivity contribution >= 4 is 16.8 Å². The molecule has 2 fully saturated rings. The lowest BCUT2D eigenvalue weighted by molar-refractivity contribution is 0.0769. The molecule has 2 heterocycles. The Morgan fingerprint density at radius 2 is 1.82 bits per heavy atom. The number of likely N-dealkylation sites (tertiary alicyclic amines) is 1. The topological polar surface area (TPSA) is 61.9 Å². The number of rotatable bonds is 4. The maximum Gasteiger partial charge on any atom is 0.253 e. The highest BCUT2D eigenvalue weighted by atomic mass is 19.1. The molecule has 1 amide bonds. The molecule has 1 saturated heterocycles. The number of carbonyl (C=O) groups excluding carboxylic acids is 1. The van der Waals surface area contributed by atoms with Crippen molar-refractivity contribution in [1.29, 1.82) is 5.26 Å². The molecule has 6 heteroatoms. The molecular formula is C33H25FN4O. The Labute approximate surface area is 225 Å². The Kier molecular flexibility index (Phi) is 5.18. The van der Waals surface area contributed by atoms with Gasteiger partial charge in [-0.25, -0.2) is 9.07 Å². The van der Waals surface area contributed by atoms with Crippen molar-refractivity contribution in [2.75, 3.05) is 13.1 Å². The molecule has 3 atom stereocenters. The normalized spacial score (nSPS) is 21.5. The smallest absolute Gasteiger partial charge is 0.253 e. The molecule has 1 aromatic heterocycles. The van der Waals surface area contributed by atoms with Crippen molar-refractivity contribution in [2.24, 2.45) is 5.92 Å². The largest absolute Gasteiger partial charge is 0.337 e. The summed E-state index contributed by atoms with van der Waals surface area (Å²) in [4.78, 5) is 15.5. The van der Waals surface area contributed by atoms with Crippen molar-refractivity contribution in [2.45, 2.75) is 18.3 Å². The summed E-state index contributed by atoms with van der Waals surface area (Å²) < 4.78 is 15.4. The highest BCUT2D eigenvalue weighted by molar-refractivity contribution is 5.95. The van der Waals surface area contributed by atoms with Crippen LogP contribution in [-0.2, 0) is 5.41 Å². The fraction of sp³-hybridized carbons (Fsp3) is 0.182. The minimum Gasteiger partial charge on any atom is -0.337 e. The van der Waals surface area contributed by atoms with Crippen LogP contribution in [0.3, 0.4) is 0 Å². The van der Waals surface area contributed by atoms with E-state index in [1.165, 1.54) is 23.3 Å². The predicted octanol–water partition coefficient (Wildman–Crippen LogP) is 6.15. The van der Waals surface area contributed by atoms with Gasteiger partial charge in [0.05, 0.1) is 29.0 Å². The Bertz CT molecular complexity index is 1790. The van der Waals surface area contributed by atoms with Gasteiger partial charge in [-0.15, -0.1) is 0 Å². The molecule has 0 unspecified atom stereocenters. The van der Waals surface area contributed by atoms with Gasteiger partial charge >= 0.3 is 0 Å². The second kappa shape index (κ2) is 8.64. The van der Waals surface area contributed by atoms with E-state index in [2.05, 4.69) is 54.5 Å². The number of nitrogens with zero attached hydrogens (tertiary/aromatic N) is 4. The van der Waals surface area contributed by atoms with E-state index in [0.717, 1.165) is 22.2 Å². The number of hydrogen-bond donors (Lipinski definition) is 0. The number of hydrogen-bond acceptors (Lipinski definition) is 3. The number of nitriles is 1. The van der Waals surface area contributed by atoms with E-state index in [0.29, 0.717) is 36.1 Å². The van der Waals surface area contributed by atoms with Crippen molar-refractivity contribution in [3.63, 3.8) is 0 Å². The van der Waals surface area contributed by atoms with Gasteiger partial charge in [-0.1, -0.05) is 36.4 Å². The zero-order chi connectivity index (χ0) is 26.7. The second-order valence-electron chi connectivity index (χ2n) is 10.7. The van der Waals surface area contributed by atoms with Crippen LogP contribution in [0.4, 0.5) is 4.39 Å². The van der Waals surface area contributed by atoms with Crippen LogP contribution in [0, 0.1) is 30.0 Å². The molecule has 39 heavy (non-hydrogen) atoms. The van der Waals surface area contributed by atoms with Gasteiger partial charge in [0.1, 0.15) is 5.82 Å². The number of benzene rings is 4. The maximum absolute atomic E-state index is 13.6. The summed E-state index contributed by atoms with van der Waals surface area (Å²) >= 11 is 0. The molecule has 1 aliphatic heterocycles. The molecular weight excluding hydrogens is 487 g/mol. The molecule has 5 nitrogen and oxygen atoms in total. The Balaban J connectivity index is 1.30. The minimum atomic E-state index is -0.279. The summed E-state index contributed by atoms with van der Waals surface area (Å²) in [5, 5.41) is 14.9. The third-order valence-electron chi connectivity index (χ3n) is 8.55. The van der Waals surface area contributed by atoms with Crippen LogP contribution in [-0.4, -0.2) is 33.7 Å². The van der Waals surface area contributed by atoms with Gasteiger partial charge < -0.3 is 4.90 Å². The predicted molar refractivity (Wildman–Crippen MR) is 147 cm³/mol. The molecule has 1 saturated carbocycles. The Morgan fingerprint density at radius 3 is 2.59 bits per heavy atom. The van der Waals surface area contributed by atoms with Crippen LogP contribution < -0.4 is 0 Å². The molecule has 7 rings (SSSR count).